The van der Waals surface area contributed by atoms with Crippen LogP contribution in [-0.4, -0.2) is 60.2 Å². The Kier molecular flexibility index (Phi) is 5.46. The summed E-state index contributed by atoms with van der Waals surface area (Å²) in [6, 6.07) is 18.9. The summed E-state index contributed by atoms with van der Waals surface area (Å²) in [7, 11) is 1.86. The highest BCUT2D eigenvalue weighted by molar-refractivity contribution is 5.80. The Hall–Kier alpha value is -3.02. The number of para-hydroxylation sites is 3. The number of imidazole rings is 1. The molecule has 0 bridgehead atoms. The molecule has 0 unspecified atom stereocenters. The van der Waals surface area contributed by atoms with Gasteiger partial charge in [-0.3, -0.25) is 4.99 Å². The number of benzene rings is 2. The molecule has 1 saturated heterocycles. The standard InChI is InChI=1S/C22H28N6/c1-18-25-20-10-6-7-11-21(20)28(18)13-12-24-22(23-2)27-16-14-26(15-17-27)19-8-4-3-5-9-19/h3-11H,12-17H2,1-2H3,(H,23,24). The van der Waals surface area contributed by atoms with E-state index in [4.69, 9.17) is 0 Å². The smallest absolute Gasteiger partial charge is 0.193 e. The lowest BCUT2D eigenvalue weighted by molar-refractivity contribution is 0.372. The molecule has 6 nitrogen and oxygen atoms in total. The summed E-state index contributed by atoms with van der Waals surface area (Å²) < 4.78 is 2.27. The van der Waals surface area contributed by atoms with Gasteiger partial charge in [0.25, 0.3) is 0 Å². The van der Waals surface area contributed by atoms with Crippen molar-refractivity contribution in [2.24, 2.45) is 4.99 Å². The molecular weight excluding hydrogens is 348 g/mol. The molecule has 6 heteroatoms. The third kappa shape index (κ3) is 3.81. The number of rotatable bonds is 4. The van der Waals surface area contributed by atoms with Gasteiger partial charge in [0.05, 0.1) is 11.0 Å². The van der Waals surface area contributed by atoms with Crippen molar-refractivity contribution in [3.05, 3.63) is 60.4 Å². The Labute approximate surface area is 166 Å². The van der Waals surface area contributed by atoms with E-state index < -0.39 is 0 Å². The van der Waals surface area contributed by atoms with E-state index in [1.807, 2.05) is 13.1 Å². The molecule has 146 valence electrons. The van der Waals surface area contributed by atoms with Crippen molar-refractivity contribution >= 4 is 22.7 Å². The van der Waals surface area contributed by atoms with Crippen LogP contribution in [-0.2, 0) is 6.54 Å². The third-order valence-electron chi connectivity index (χ3n) is 5.38. The minimum Gasteiger partial charge on any atom is -0.368 e. The molecule has 3 aromatic rings. The van der Waals surface area contributed by atoms with Gasteiger partial charge in [0.15, 0.2) is 5.96 Å². The highest BCUT2D eigenvalue weighted by Crippen LogP contribution is 2.16. The number of nitrogens with zero attached hydrogens (tertiary/aromatic N) is 5. The molecule has 4 rings (SSSR count). The highest BCUT2D eigenvalue weighted by Gasteiger charge is 2.19. The number of aliphatic imine (C=N–C) groups is 1. The molecular formula is C22H28N6. The van der Waals surface area contributed by atoms with Crippen LogP contribution in [0.1, 0.15) is 5.82 Å². The van der Waals surface area contributed by atoms with Crippen LogP contribution in [0, 0.1) is 6.92 Å². The predicted molar refractivity (Wildman–Crippen MR) is 116 cm³/mol. The Bertz CT molecular complexity index is 938. The highest BCUT2D eigenvalue weighted by atomic mass is 15.3. The van der Waals surface area contributed by atoms with Gasteiger partial charge >= 0.3 is 0 Å². The van der Waals surface area contributed by atoms with Crippen LogP contribution in [0.3, 0.4) is 0 Å². The van der Waals surface area contributed by atoms with Gasteiger partial charge < -0.3 is 19.7 Å². The SMILES string of the molecule is CN=C(NCCn1c(C)nc2ccccc21)N1CCN(c2ccccc2)CC1. The Morgan fingerprint density at radius 3 is 2.46 bits per heavy atom. The van der Waals surface area contributed by atoms with Crippen LogP contribution in [0.15, 0.2) is 59.6 Å². The first kappa shape index (κ1) is 18.3. The van der Waals surface area contributed by atoms with Gasteiger partial charge in [-0.15, -0.1) is 0 Å². The van der Waals surface area contributed by atoms with Gasteiger partial charge in [-0.05, 0) is 31.2 Å². The lowest BCUT2D eigenvalue weighted by Crippen LogP contribution is -2.52. The van der Waals surface area contributed by atoms with E-state index in [0.717, 1.165) is 56.6 Å². The molecule has 0 aliphatic carbocycles. The molecule has 1 aromatic heterocycles. The van der Waals surface area contributed by atoms with Crippen LogP contribution in [0.5, 0.6) is 0 Å². The van der Waals surface area contributed by atoms with Crippen molar-refractivity contribution < 1.29 is 0 Å². The minimum absolute atomic E-state index is 0.826. The molecule has 0 spiro atoms. The fourth-order valence-electron chi connectivity index (χ4n) is 3.91. The van der Waals surface area contributed by atoms with E-state index in [9.17, 15) is 0 Å². The Balaban J connectivity index is 1.32. The van der Waals surface area contributed by atoms with Crippen LogP contribution < -0.4 is 10.2 Å². The number of hydrogen-bond donors (Lipinski definition) is 1. The number of nitrogens with one attached hydrogen (secondary N) is 1. The second-order valence-corrected chi connectivity index (χ2v) is 7.08. The van der Waals surface area contributed by atoms with Crippen molar-refractivity contribution in [3.8, 4) is 0 Å². The zero-order valence-corrected chi connectivity index (χ0v) is 16.7. The summed E-state index contributed by atoms with van der Waals surface area (Å²) in [5.74, 6) is 2.03. The van der Waals surface area contributed by atoms with Crippen molar-refractivity contribution in [2.75, 3.05) is 44.7 Å². The first-order chi connectivity index (χ1) is 13.8. The summed E-state index contributed by atoms with van der Waals surface area (Å²) in [6.45, 7) is 7.73. The molecule has 1 aliphatic rings. The third-order valence-corrected chi connectivity index (χ3v) is 5.38. The quantitative estimate of drug-likeness (QED) is 0.562. The van der Waals surface area contributed by atoms with Crippen LogP contribution in [0.4, 0.5) is 5.69 Å². The zero-order valence-electron chi connectivity index (χ0n) is 16.7. The summed E-state index contributed by atoms with van der Waals surface area (Å²) in [6.07, 6.45) is 0. The summed E-state index contributed by atoms with van der Waals surface area (Å²) >= 11 is 0. The summed E-state index contributed by atoms with van der Waals surface area (Å²) in [4.78, 5) is 13.9. The maximum Gasteiger partial charge on any atom is 0.193 e. The first-order valence-electron chi connectivity index (χ1n) is 9.94. The molecule has 0 amide bonds. The number of fused-ring (bicyclic) bond motifs is 1. The number of piperazine rings is 1. The second-order valence-electron chi connectivity index (χ2n) is 7.08. The first-order valence-corrected chi connectivity index (χ1v) is 9.94. The molecule has 1 fully saturated rings. The van der Waals surface area contributed by atoms with E-state index in [2.05, 4.69) is 85.1 Å². The van der Waals surface area contributed by atoms with E-state index in [0.29, 0.717) is 0 Å². The second kappa shape index (κ2) is 8.33. The van der Waals surface area contributed by atoms with Crippen molar-refractivity contribution in [3.63, 3.8) is 0 Å². The van der Waals surface area contributed by atoms with Crippen LogP contribution in [0.25, 0.3) is 11.0 Å². The van der Waals surface area contributed by atoms with E-state index in [-0.39, 0.29) is 0 Å². The maximum absolute atomic E-state index is 4.65. The molecule has 0 radical (unpaired) electrons. The maximum atomic E-state index is 4.65. The van der Waals surface area contributed by atoms with E-state index >= 15 is 0 Å². The van der Waals surface area contributed by atoms with Crippen LogP contribution in [0.2, 0.25) is 0 Å². The fourth-order valence-corrected chi connectivity index (χ4v) is 3.91. The average Bonchev–Trinajstić information content (AvgIpc) is 3.07. The summed E-state index contributed by atoms with van der Waals surface area (Å²) in [5, 5.41) is 3.53. The molecule has 28 heavy (non-hydrogen) atoms. The van der Waals surface area contributed by atoms with Crippen molar-refractivity contribution in [2.45, 2.75) is 13.5 Å². The minimum atomic E-state index is 0.826. The predicted octanol–water partition coefficient (Wildman–Crippen LogP) is 2.74. The lowest BCUT2D eigenvalue weighted by Gasteiger charge is -2.37. The normalized spacial score (nSPS) is 15.3. The molecule has 2 heterocycles. The molecule has 0 saturated carbocycles. The number of hydrogen-bond acceptors (Lipinski definition) is 3. The number of anilines is 1. The fraction of sp³-hybridized carbons (Fsp3) is 0.364. The molecule has 2 aromatic carbocycles. The topological polar surface area (TPSA) is 48.7 Å². The monoisotopic (exact) mass is 376 g/mol. The van der Waals surface area contributed by atoms with Gasteiger partial charge in [0.1, 0.15) is 5.82 Å². The van der Waals surface area contributed by atoms with Crippen LogP contribution >= 0.6 is 0 Å². The van der Waals surface area contributed by atoms with Gasteiger partial charge in [0.2, 0.25) is 0 Å². The van der Waals surface area contributed by atoms with Gasteiger partial charge in [-0.25, -0.2) is 4.98 Å². The zero-order chi connectivity index (χ0) is 19.3. The lowest BCUT2D eigenvalue weighted by atomic mass is 10.2. The summed E-state index contributed by atoms with van der Waals surface area (Å²) in [5.41, 5.74) is 3.54. The number of guanidine groups is 1. The molecule has 1 N–H and O–H groups in total. The van der Waals surface area contributed by atoms with Gasteiger partial charge in [0, 0.05) is 52.0 Å². The number of aryl methyl sites for hydroxylation is 1. The van der Waals surface area contributed by atoms with Gasteiger partial charge in [-0.1, -0.05) is 30.3 Å². The Morgan fingerprint density at radius 1 is 1.00 bits per heavy atom. The van der Waals surface area contributed by atoms with Gasteiger partial charge in [-0.2, -0.15) is 0 Å². The molecule has 1 aliphatic heterocycles. The van der Waals surface area contributed by atoms with Crippen molar-refractivity contribution in [1.82, 2.24) is 19.8 Å². The average molecular weight is 377 g/mol. The Morgan fingerprint density at radius 2 is 1.71 bits per heavy atom. The van der Waals surface area contributed by atoms with E-state index in [1.165, 1.54) is 11.2 Å². The molecule has 0 atom stereocenters. The van der Waals surface area contributed by atoms with Crippen molar-refractivity contribution in [1.29, 1.82) is 0 Å². The largest absolute Gasteiger partial charge is 0.368 e. The number of aromatic nitrogens is 2. The van der Waals surface area contributed by atoms with E-state index in [1.54, 1.807) is 0 Å².